The van der Waals surface area contributed by atoms with E-state index in [0.29, 0.717) is 16.9 Å². The van der Waals surface area contributed by atoms with Crippen molar-refractivity contribution in [2.24, 2.45) is 0 Å². The number of nitriles is 1. The fraction of sp³-hybridized carbons (Fsp3) is 0.125. The summed E-state index contributed by atoms with van der Waals surface area (Å²) >= 11 is 4.91. The summed E-state index contributed by atoms with van der Waals surface area (Å²) < 4.78 is 6.25. The molecule has 0 aromatic heterocycles. The van der Waals surface area contributed by atoms with E-state index in [4.69, 9.17) is 10.00 Å². The van der Waals surface area contributed by atoms with Crippen LogP contribution in [0.15, 0.2) is 51.8 Å². The van der Waals surface area contributed by atoms with Gasteiger partial charge in [-0.25, -0.2) is 0 Å². The summed E-state index contributed by atoms with van der Waals surface area (Å²) in [7, 11) is 0. The van der Waals surface area contributed by atoms with Crippen LogP contribution in [-0.2, 0) is 0 Å². The summed E-state index contributed by atoms with van der Waals surface area (Å²) in [5.41, 5.74) is 0.998. The first-order valence-electron chi connectivity index (χ1n) is 6.13. The van der Waals surface area contributed by atoms with E-state index in [0.717, 1.165) is 9.37 Å². The lowest BCUT2D eigenvalue weighted by atomic mass is 10.1. The van der Waals surface area contributed by atoms with Gasteiger partial charge in [0.2, 0.25) is 0 Å². The van der Waals surface area contributed by atoms with Crippen molar-refractivity contribution in [1.29, 1.82) is 5.26 Å². The van der Waals surface area contributed by atoms with Gasteiger partial charge in [-0.2, -0.15) is 5.26 Å². The first-order chi connectivity index (χ1) is 10.1. The number of hydrogen-bond acceptors (Lipinski definition) is 4. The SMILES string of the molecule is CSc1ccc(C(=O)COc2ccc(Br)cc2C#N)cc1. The first-order valence-corrected chi connectivity index (χ1v) is 8.15. The molecular formula is C16H12BrNO2S. The van der Waals surface area contributed by atoms with Gasteiger partial charge in [0.1, 0.15) is 11.8 Å². The van der Waals surface area contributed by atoms with E-state index in [2.05, 4.69) is 15.9 Å². The van der Waals surface area contributed by atoms with Gasteiger partial charge in [0.05, 0.1) is 5.56 Å². The van der Waals surface area contributed by atoms with Gasteiger partial charge in [0.15, 0.2) is 12.4 Å². The molecule has 0 unspecified atom stereocenters. The Hall–Kier alpha value is -1.77. The maximum atomic E-state index is 12.1. The van der Waals surface area contributed by atoms with Crippen molar-refractivity contribution in [3.8, 4) is 11.8 Å². The predicted octanol–water partition coefficient (Wildman–Crippen LogP) is 4.30. The summed E-state index contributed by atoms with van der Waals surface area (Å²) in [6.45, 7) is -0.0884. The van der Waals surface area contributed by atoms with Crippen molar-refractivity contribution < 1.29 is 9.53 Å². The van der Waals surface area contributed by atoms with Crippen LogP contribution in [0.25, 0.3) is 0 Å². The summed E-state index contributed by atoms with van der Waals surface area (Å²) in [5, 5.41) is 9.04. The molecule has 3 nitrogen and oxygen atoms in total. The molecule has 0 heterocycles. The van der Waals surface area contributed by atoms with Crippen LogP contribution in [-0.4, -0.2) is 18.6 Å². The molecule has 0 radical (unpaired) electrons. The molecular weight excluding hydrogens is 350 g/mol. The molecule has 0 aliphatic rings. The number of rotatable bonds is 5. The topological polar surface area (TPSA) is 50.1 Å². The molecule has 2 rings (SSSR count). The minimum atomic E-state index is -0.116. The molecule has 0 aliphatic carbocycles. The van der Waals surface area contributed by atoms with Crippen LogP contribution in [0.1, 0.15) is 15.9 Å². The Morgan fingerprint density at radius 3 is 2.62 bits per heavy atom. The van der Waals surface area contributed by atoms with Crippen molar-refractivity contribution in [2.45, 2.75) is 4.90 Å². The average Bonchev–Trinajstić information content (AvgIpc) is 2.53. The summed E-state index contributed by atoms with van der Waals surface area (Å²) in [5.74, 6) is 0.296. The van der Waals surface area contributed by atoms with Crippen LogP contribution in [0.3, 0.4) is 0 Å². The lowest BCUT2D eigenvalue weighted by Crippen LogP contribution is -2.12. The Kier molecular flexibility index (Phi) is 5.43. The van der Waals surface area contributed by atoms with Crippen molar-refractivity contribution in [2.75, 3.05) is 12.9 Å². The zero-order valence-corrected chi connectivity index (χ0v) is 13.7. The second kappa shape index (κ2) is 7.30. The van der Waals surface area contributed by atoms with Crippen molar-refractivity contribution in [3.63, 3.8) is 0 Å². The number of hydrogen-bond donors (Lipinski definition) is 0. The number of ether oxygens (including phenoxy) is 1. The molecule has 0 atom stereocenters. The van der Waals surface area contributed by atoms with Crippen LogP contribution in [0.4, 0.5) is 0 Å². The number of carbonyl (C=O) groups excluding carboxylic acids is 1. The predicted molar refractivity (Wildman–Crippen MR) is 86.9 cm³/mol. The van der Waals surface area contributed by atoms with Crippen LogP contribution in [0.5, 0.6) is 5.75 Å². The highest BCUT2D eigenvalue weighted by molar-refractivity contribution is 9.10. The second-order valence-electron chi connectivity index (χ2n) is 4.19. The van der Waals surface area contributed by atoms with Gasteiger partial charge in [0.25, 0.3) is 0 Å². The highest BCUT2D eigenvalue weighted by Crippen LogP contribution is 2.22. The molecule has 0 amide bonds. The largest absolute Gasteiger partial charge is 0.484 e. The van der Waals surface area contributed by atoms with Gasteiger partial charge in [-0.15, -0.1) is 11.8 Å². The molecule has 0 saturated carbocycles. The molecule has 0 N–H and O–H groups in total. The molecule has 2 aromatic carbocycles. The van der Waals surface area contributed by atoms with Gasteiger partial charge in [-0.05, 0) is 36.6 Å². The summed E-state index contributed by atoms with van der Waals surface area (Å²) in [6.07, 6.45) is 1.98. The van der Waals surface area contributed by atoms with Crippen LogP contribution >= 0.6 is 27.7 Å². The third-order valence-corrected chi connectivity index (χ3v) is 4.07. The highest BCUT2D eigenvalue weighted by atomic mass is 79.9. The molecule has 106 valence electrons. The monoisotopic (exact) mass is 361 g/mol. The van der Waals surface area contributed by atoms with Crippen molar-refractivity contribution in [3.05, 3.63) is 58.1 Å². The van der Waals surface area contributed by atoms with E-state index >= 15 is 0 Å². The Balaban J connectivity index is 2.05. The Morgan fingerprint density at radius 1 is 1.29 bits per heavy atom. The fourth-order valence-corrected chi connectivity index (χ4v) is 2.49. The molecule has 0 aliphatic heterocycles. The van der Waals surface area contributed by atoms with Crippen LogP contribution < -0.4 is 4.74 Å². The molecule has 0 fully saturated rings. The van der Waals surface area contributed by atoms with E-state index in [9.17, 15) is 4.79 Å². The molecule has 21 heavy (non-hydrogen) atoms. The van der Waals surface area contributed by atoms with Gasteiger partial charge in [-0.3, -0.25) is 4.79 Å². The maximum absolute atomic E-state index is 12.1. The van der Waals surface area contributed by atoms with Crippen LogP contribution in [0, 0.1) is 11.3 Å². The van der Waals surface area contributed by atoms with Crippen LogP contribution in [0.2, 0.25) is 0 Å². The number of Topliss-reactive ketones (excluding diaryl/α,β-unsaturated/α-hetero) is 1. The number of carbonyl (C=O) groups is 1. The first kappa shape index (κ1) is 15.6. The normalized spacial score (nSPS) is 9.95. The highest BCUT2D eigenvalue weighted by Gasteiger charge is 2.09. The van der Waals surface area contributed by atoms with E-state index in [1.165, 1.54) is 0 Å². The fourth-order valence-electron chi connectivity index (χ4n) is 1.72. The minimum Gasteiger partial charge on any atom is -0.484 e. The zero-order valence-electron chi connectivity index (χ0n) is 11.3. The maximum Gasteiger partial charge on any atom is 0.200 e. The number of thioether (sulfide) groups is 1. The minimum absolute atomic E-state index is 0.0884. The number of halogens is 1. The standard InChI is InChI=1S/C16H12BrNO2S/c1-21-14-5-2-11(3-6-14)15(19)10-20-16-7-4-13(17)8-12(16)9-18/h2-8H,10H2,1H3. The molecule has 2 aromatic rings. The average molecular weight is 362 g/mol. The number of benzene rings is 2. The summed E-state index contributed by atoms with van der Waals surface area (Å²) in [6, 6.07) is 14.5. The lowest BCUT2D eigenvalue weighted by molar-refractivity contribution is 0.0921. The van der Waals surface area contributed by atoms with Crippen molar-refractivity contribution in [1.82, 2.24) is 0 Å². The van der Waals surface area contributed by atoms with Crippen molar-refractivity contribution >= 4 is 33.5 Å². The van der Waals surface area contributed by atoms with E-state index in [1.807, 2.05) is 24.5 Å². The Labute approximate surface area is 136 Å². The van der Waals surface area contributed by atoms with E-state index in [-0.39, 0.29) is 12.4 Å². The Bertz CT molecular complexity index is 692. The third kappa shape index (κ3) is 4.10. The Morgan fingerprint density at radius 2 is 2.00 bits per heavy atom. The van der Waals surface area contributed by atoms with E-state index in [1.54, 1.807) is 42.1 Å². The number of ketones is 1. The quantitative estimate of drug-likeness (QED) is 0.588. The molecule has 5 heteroatoms. The third-order valence-electron chi connectivity index (χ3n) is 2.83. The van der Waals surface area contributed by atoms with Gasteiger partial charge in [-0.1, -0.05) is 28.1 Å². The second-order valence-corrected chi connectivity index (χ2v) is 5.99. The lowest BCUT2D eigenvalue weighted by Gasteiger charge is -2.08. The molecule has 0 bridgehead atoms. The zero-order chi connectivity index (χ0) is 15.2. The van der Waals surface area contributed by atoms with E-state index < -0.39 is 0 Å². The number of nitrogens with zero attached hydrogens (tertiary/aromatic N) is 1. The molecule has 0 spiro atoms. The molecule has 0 saturated heterocycles. The van der Waals surface area contributed by atoms with Gasteiger partial charge < -0.3 is 4.74 Å². The van der Waals surface area contributed by atoms with Gasteiger partial charge >= 0.3 is 0 Å². The van der Waals surface area contributed by atoms with Gasteiger partial charge in [0, 0.05) is 14.9 Å². The smallest absolute Gasteiger partial charge is 0.200 e. The summed E-state index contributed by atoms with van der Waals surface area (Å²) in [4.78, 5) is 13.2.